The Morgan fingerprint density at radius 1 is 1.54 bits per heavy atom. The number of amides is 1. The summed E-state index contributed by atoms with van der Waals surface area (Å²) in [6.07, 6.45) is 3.42. The van der Waals surface area contributed by atoms with Gasteiger partial charge in [0.1, 0.15) is 0 Å². The van der Waals surface area contributed by atoms with Crippen LogP contribution >= 0.6 is 22.6 Å². The van der Waals surface area contributed by atoms with E-state index in [0.717, 1.165) is 25.7 Å². The number of aliphatic hydroxyl groups is 1. The van der Waals surface area contributed by atoms with Crippen molar-refractivity contribution in [1.82, 2.24) is 4.90 Å². The second-order valence-corrected chi connectivity index (χ2v) is 5.01. The topological polar surface area (TPSA) is 40.5 Å². The van der Waals surface area contributed by atoms with E-state index in [1.165, 1.54) is 0 Å². The lowest BCUT2D eigenvalue weighted by molar-refractivity contribution is 0.00496. The average molecular weight is 297 g/mol. The second kappa shape index (κ2) is 4.13. The summed E-state index contributed by atoms with van der Waals surface area (Å²) in [5.74, 6) is 0. The van der Waals surface area contributed by atoms with E-state index < -0.39 is 5.60 Å². The second-order valence-electron chi connectivity index (χ2n) is 4.09. The van der Waals surface area contributed by atoms with Gasteiger partial charge in [-0.05, 0) is 32.6 Å². The van der Waals surface area contributed by atoms with Gasteiger partial charge in [0.25, 0.3) is 3.91 Å². The zero-order valence-electron chi connectivity index (χ0n) is 8.09. The predicted octanol–water partition coefficient (Wildman–Crippen LogP) is 2.17. The molecule has 0 aromatic rings. The van der Waals surface area contributed by atoms with Crippen LogP contribution < -0.4 is 0 Å². The maximum atomic E-state index is 11.1. The lowest BCUT2D eigenvalue weighted by atomic mass is 9.83. The number of hydrogen-bond donors (Lipinski definition) is 1. The largest absolute Gasteiger partial charge is 0.390 e. The van der Waals surface area contributed by atoms with Crippen LogP contribution in [0, 0.1) is 0 Å². The summed E-state index contributed by atoms with van der Waals surface area (Å²) in [6, 6.07) is 0.324. The fourth-order valence-corrected chi connectivity index (χ4v) is 2.15. The molecule has 0 saturated heterocycles. The highest BCUT2D eigenvalue weighted by Gasteiger charge is 2.31. The third-order valence-electron chi connectivity index (χ3n) is 2.86. The summed E-state index contributed by atoms with van der Waals surface area (Å²) in [4.78, 5) is 12.8. The minimum Gasteiger partial charge on any atom is -0.390 e. The van der Waals surface area contributed by atoms with Crippen LogP contribution in [0.5, 0.6) is 0 Å². The van der Waals surface area contributed by atoms with Gasteiger partial charge in [-0.15, -0.1) is 0 Å². The van der Waals surface area contributed by atoms with Crippen LogP contribution in [0.2, 0.25) is 0 Å². The first-order valence-corrected chi connectivity index (χ1v) is 5.65. The Kier molecular flexibility index (Phi) is 3.57. The summed E-state index contributed by atoms with van der Waals surface area (Å²) < 4.78 is 0.0872. The molecule has 0 bridgehead atoms. The molecule has 0 unspecified atom stereocenters. The van der Waals surface area contributed by atoms with Gasteiger partial charge >= 0.3 is 0 Å². The molecule has 76 valence electrons. The monoisotopic (exact) mass is 297 g/mol. The molecule has 1 aliphatic carbocycles. The van der Waals surface area contributed by atoms with Crippen molar-refractivity contribution in [2.45, 2.75) is 44.2 Å². The van der Waals surface area contributed by atoms with Crippen molar-refractivity contribution in [1.29, 1.82) is 0 Å². The Bertz CT molecular complexity index is 196. The molecule has 4 heteroatoms. The Morgan fingerprint density at radius 3 is 2.38 bits per heavy atom. The highest BCUT2D eigenvalue weighted by atomic mass is 127. The highest BCUT2D eigenvalue weighted by molar-refractivity contribution is 14.1. The summed E-state index contributed by atoms with van der Waals surface area (Å²) >= 11 is 1.80. The molecule has 0 spiro atoms. The van der Waals surface area contributed by atoms with Crippen molar-refractivity contribution in [3.8, 4) is 0 Å². The first kappa shape index (κ1) is 11.2. The van der Waals surface area contributed by atoms with Crippen LogP contribution in [0.3, 0.4) is 0 Å². The van der Waals surface area contributed by atoms with Gasteiger partial charge in [0.05, 0.1) is 5.60 Å². The van der Waals surface area contributed by atoms with Gasteiger partial charge in [-0.1, -0.05) is 0 Å². The van der Waals surface area contributed by atoms with Crippen LogP contribution in [0.4, 0.5) is 4.79 Å². The molecule has 1 rings (SSSR count). The van der Waals surface area contributed by atoms with Crippen molar-refractivity contribution in [3.63, 3.8) is 0 Å². The molecule has 1 saturated carbocycles. The van der Waals surface area contributed by atoms with Gasteiger partial charge in [0, 0.05) is 35.7 Å². The van der Waals surface area contributed by atoms with Gasteiger partial charge in [0.2, 0.25) is 0 Å². The third kappa shape index (κ3) is 3.09. The Morgan fingerprint density at radius 2 is 2.00 bits per heavy atom. The molecular weight excluding hydrogens is 281 g/mol. The molecule has 0 aromatic carbocycles. The molecule has 0 radical (unpaired) electrons. The zero-order valence-corrected chi connectivity index (χ0v) is 10.2. The molecule has 0 aliphatic heterocycles. The standard InChI is InChI=1S/C9H16INO2/c1-9(13)5-3-7(4-6-9)11(2)8(10)12/h7,13H,3-6H2,1-2H3. The summed E-state index contributed by atoms with van der Waals surface area (Å²) in [7, 11) is 1.83. The van der Waals surface area contributed by atoms with E-state index in [-0.39, 0.29) is 3.91 Å². The van der Waals surface area contributed by atoms with Crippen LogP contribution in [0.1, 0.15) is 32.6 Å². The Hall–Kier alpha value is 0.160. The molecule has 1 aliphatic rings. The number of carbonyl (C=O) groups is 1. The van der Waals surface area contributed by atoms with E-state index in [2.05, 4.69) is 0 Å². The van der Waals surface area contributed by atoms with Crippen molar-refractivity contribution in [3.05, 3.63) is 0 Å². The van der Waals surface area contributed by atoms with Gasteiger partial charge in [0.15, 0.2) is 0 Å². The van der Waals surface area contributed by atoms with Crippen molar-refractivity contribution in [2.24, 2.45) is 0 Å². The molecule has 0 aromatic heterocycles. The Labute approximate surface area is 92.6 Å². The first-order valence-electron chi connectivity index (χ1n) is 4.57. The normalized spacial score (nSPS) is 34.3. The van der Waals surface area contributed by atoms with E-state index >= 15 is 0 Å². The van der Waals surface area contributed by atoms with Crippen molar-refractivity contribution < 1.29 is 9.90 Å². The smallest absolute Gasteiger partial charge is 0.283 e. The zero-order chi connectivity index (χ0) is 10.1. The Balaban J connectivity index is 2.45. The van der Waals surface area contributed by atoms with Gasteiger partial charge < -0.3 is 10.0 Å². The van der Waals surface area contributed by atoms with E-state index in [4.69, 9.17) is 0 Å². The molecule has 13 heavy (non-hydrogen) atoms. The van der Waals surface area contributed by atoms with Crippen LogP contribution in [-0.2, 0) is 0 Å². The molecule has 0 heterocycles. The number of hydrogen-bond acceptors (Lipinski definition) is 2. The minimum absolute atomic E-state index is 0.0872. The maximum absolute atomic E-state index is 11.1. The first-order chi connectivity index (χ1) is 5.92. The molecule has 1 amide bonds. The van der Waals surface area contributed by atoms with Crippen molar-refractivity contribution >= 4 is 26.5 Å². The van der Waals surface area contributed by atoms with Gasteiger partial charge in [-0.3, -0.25) is 4.79 Å². The van der Waals surface area contributed by atoms with Gasteiger partial charge in [-0.2, -0.15) is 0 Å². The fraction of sp³-hybridized carbons (Fsp3) is 0.889. The number of rotatable bonds is 1. The lowest BCUT2D eigenvalue weighted by Gasteiger charge is -2.36. The van der Waals surface area contributed by atoms with Crippen LogP contribution in [0.25, 0.3) is 0 Å². The molecule has 1 fully saturated rings. The number of nitrogens with zero attached hydrogens (tertiary/aromatic N) is 1. The lowest BCUT2D eigenvalue weighted by Crippen LogP contribution is -2.41. The predicted molar refractivity (Wildman–Crippen MR) is 60.1 cm³/mol. The van der Waals surface area contributed by atoms with Crippen LogP contribution in [0.15, 0.2) is 0 Å². The van der Waals surface area contributed by atoms with Gasteiger partial charge in [-0.25, -0.2) is 0 Å². The minimum atomic E-state index is -0.508. The summed E-state index contributed by atoms with van der Waals surface area (Å²) in [5.41, 5.74) is -0.508. The quantitative estimate of drug-likeness (QED) is 0.458. The number of halogens is 1. The van der Waals surface area contributed by atoms with E-state index in [1.807, 2.05) is 14.0 Å². The third-order valence-corrected chi connectivity index (χ3v) is 3.62. The summed E-state index contributed by atoms with van der Waals surface area (Å²) in [6.45, 7) is 1.87. The molecule has 3 nitrogen and oxygen atoms in total. The van der Waals surface area contributed by atoms with Crippen LogP contribution in [-0.4, -0.2) is 32.6 Å². The number of carbonyl (C=O) groups excluding carboxylic acids is 1. The molecule has 0 atom stereocenters. The maximum Gasteiger partial charge on any atom is 0.283 e. The van der Waals surface area contributed by atoms with E-state index in [9.17, 15) is 9.90 Å². The SMILES string of the molecule is CN(C(=O)I)C1CCC(C)(O)CC1. The molecule has 1 N–H and O–H groups in total. The van der Waals surface area contributed by atoms with Crippen molar-refractivity contribution in [2.75, 3.05) is 7.05 Å². The fourth-order valence-electron chi connectivity index (χ4n) is 1.76. The highest BCUT2D eigenvalue weighted by Crippen LogP contribution is 2.30. The molecular formula is C9H16INO2. The summed E-state index contributed by atoms with van der Waals surface area (Å²) in [5, 5.41) is 9.71. The van der Waals surface area contributed by atoms with E-state index in [0.29, 0.717) is 6.04 Å². The average Bonchev–Trinajstić information content (AvgIpc) is 2.03. The van der Waals surface area contributed by atoms with E-state index in [1.54, 1.807) is 27.5 Å².